The van der Waals surface area contributed by atoms with E-state index >= 15 is 0 Å². The normalized spacial score (nSPS) is 39.8. The van der Waals surface area contributed by atoms with Gasteiger partial charge in [-0.15, -0.1) is 0 Å². The van der Waals surface area contributed by atoms with E-state index in [0.29, 0.717) is 18.6 Å². The molecule has 1 unspecified atom stereocenters. The van der Waals surface area contributed by atoms with Gasteiger partial charge in [0.25, 0.3) is 0 Å². The summed E-state index contributed by atoms with van der Waals surface area (Å²) in [5.74, 6) is -0.675. The number of fused-ring (bicyclic) bond motifs is 7. The predicted octanol–water partition coefficient (Wildman–Crippen LogP) is 8.92. The Hall–Kier alpha value is -3.42. The number of hydrogen-bond donors (Lipinski definition) is 0. The number of allylic oxidation sites excluding steroid dienone is 2. The number of carbonyl (C=O) groups excluding carboxylic acids is 3. The topological polar surface area (TPSA) is 113 Å². The molecule has 7 rings (SSSR count). The summed E-state index contributed by atoms with van der Waals surface area (Å²) in [7, 11) is 0. The number of rotatable bonds is 6. The second-order valence-electron chi connectivity index (χ2n) is 18.8. The molecule has 276 valence electrons. The average molecular weight is 701 g/mol. The molecule has 1 heterocycles. The molecule has 4 saturated carbocycles. The van der Waals surface area contributed by atoms with Crippen molar-refractivity contribution in [2.24, 2.45) is 56.2 Å². The molecule has 5 aliphatic rings. The first-order valence-electron chi connectivity index (χ1n) is 19.1. The Bertz CT molecular complexity index is 1820. The van der Waals surface area contributed by atoms with Gasteiger partial charge >= 0.3 is 17.8 Å². The highest BCUT2D eigenvalue weighted by molar-refractivity contribution is 5.96. The van der Waals surface area contributed by atoms with Crippen LogP contribution in [0.4, 0.5) is 0 Å². The average Bonchev–Trinajstić information content (AvgIpc) is 3.40. The summed E-state index contributed by atoms with van der Waals surface area (Å²) in [6.07, 6.45) is 9.80. The van der Waals surface area contributed by atoms with Gasteiger partial charge in [-0.3, -0.25) is 14.4 Å². The summed E-state index contributed by atoms with van der Waals surface area (Å²) < 4.78 is 21.7. The first kappa shape index (κ1) is 36.0. The number of ether oxygens (including phenoxy) is 2. The highest BCUT2D eigenvalue weighted by Crippen LogP contribution is 2.75. The lowest BCUT2D eigenvalue weighted by atomic mass is 9.33. The third kappa shape index (κ3) is 5.43. The van der Waals surface area contributed by atoms with Crippen LogP contribution in [0.2, 0.25) is 0 Å². The van der Waals surface area contributed by atoms with Crippen molar-refractivity contribution >= 4 is 17.7 Å². The maximum atomic E-state index is 14.8. The largest absolute Gasteiger partial charge is 0.519 e. The van der Waals surface area contributed by atoms with E-state index in [1.54, 1.807) is 6.92 Å². The van der Waals surface area contributed by atoms with E-state index in [1.165, 1.54) is 5.57 Å². The first-order valence-corrected chi connectivity index (χ1v) is 19.1. The molecule has 0 aliphatic heterocycles. The monoisotopic (exact) mass is 700 g/mol. The van der Waals surface area contributed by atoms with Gasteiger partial charge in [0, 0.05) is 5.92 Å². The molecule has 0 saturated heterocycles. The highest BCUT2D eigenvalue weighted by Gasteiger charge is 2.70. The van der Waals surface area contributed by atoms with Crippen LogP contribution in [0.25, 0.3) is 0 Å². The number of hydrogen-bond acceptors (Lipinski definition) is 8. The quantitative estimate of drug-likeness (QED) is 0.275. The van der Waals surface area contributed by atoms with E-state index in [9.17, 15) is 19.2 Å². The molecule has 5 aliphatic carbocycles. The van der Waals surface area contributed by atoms with Gasteiger partial charge in [0.2, 0.25) is 0 Å². The van der Waals surface area contributed by atoms with Crippen LogP contribution in [-0.2, 0) is 37.1 Å². The number of ketones is 1. The van der Waals surface area contributed by atoms with E-state index in [4.69, 9.17) is 18.3 Å². The lowest BCUT2D eigenvalue weighted by Crippen LogP contribution is -2.66. The minimum atomic E-state index is -0.804. The van der Waals surface area contributed by atoms with Crippen LogP contribution in [0.1, 0.15) is 123 Å². The highest BCUT2D eigenvalue weighted by atomic mass is 16.6. The Balaban J connectivity index is 1.15. The van der Waals surface area contributed by atoms with Gasteiger partial charge in [0.1, 0.15) is 6.61 Å². The molecule has 51 heavy (non-hydrogen) atoms. The van der Waals surface area contributed by atoms with Crippen molar-refractivity contribution in [2.75, 3.05) is 0 Å². The third-order valence-corrected chi connectivity index (χ3v) is 15.8. The fourth-order valence-corrected chi connectivity index (χ4v) is 12.4. The number of aryl methyl sites for hydroxylation is 1. The van der Waals surface area contributed by atoms with Crippen LogP contribution < -0.4 is 5.82 Å². The van der Waals surface area contributed by atoms with Gasteiger partial charge in [-0.1, -0.05) is 77.4 Å². The Morgan fingerprint density at radius 1 is 0.824 bits per heavy atom. The fraction of sp³-hybridized carbons (Fsp3) is 0.674. The third-order valence-electron chi connectivity index (χ3n) is 15.8. The van der Waals surface area contributed by atoms with E-state index in [0.717, 1.165) is 50.5 Å². The summed E-state index contributed by atoms with van der Waals surface area (Å²) in [4.78, 5) is 53.8. The summed E-state index contributed by atoms with van der Waals surface area (Å²) in [6.45, 7) is 17.7. The minimum Gasteiger partial charge on any atom is -0.460 e. The number of benzene rings is 1. The molecule has 0 spiro atoms. The molecule has 1 aromatic carbocycles. The molecular formula is C43H56O8. The molecule has 1 aromatic heterocycles. The van der Waals surface area contributed by atoms with Gasteiger partial charge in [-0.25, -0.2) is 4.79 Å². The van der Waals surface area contributed by atoms with Crippen LogP contribution in [0.15, 0.2) is 55.6 Å². The number of esters is 2. The van der Waals surface area contributed by atoms with Gasteiger partial charge in [-0.2, -0.15) is 0 Å². The molecule has 4 fully saturated rings. The molecule has 9 atom stereocenters. The van der Waals surface area contributed by atoms with Gasteiger partial charge in [0.15, 0.2) is 23.9 Å². The van der Waals surface area contributed by atoms with Crippen LogP contribution in [-0.4, -0.2) is 17.7 Å². The van der Waals surface area contributed by atoms with Crippen molar-refractivity contribution in [1.82, 2.24) is 0 Å². The van der Waals surface area contributed by atoms with E-state index in [-0.39, 0.29) is 82.0 Å². The van der Waals surface area contributed by atoms with E-state index in [1.807, 2.05) is 36.4 Å². The molecule has 2 aromatic rings. The standard InChI is InChI=1S/C43H56O8/c1-26-32(51-37(47)50-26)25-48-35(45)28-14-16-41(6)33(38(28,2)3)15-17-43(8)34(41)31(44)22-29-30-23-40(5,19-18-39(30,4)20-21-42(29,43)7)36(46)49-24-27-12-10-9-11-13-27/h9-13,22,28,30,33-34H,14-21,23-25H2,1-8H3/t28-,30+,33+,34?,39-,40+,41+,42-,43-/m1/s1. The predicted molar refractivity (Wildman–Crippen MR) is 191 cm³/mol. The van der Waals surface area contributed by atoms with Crippen LogP contribution in [0.5, 0.6) is 0 Å². The minimum absolute atomic E-state index is 0.0348. The fourth-order valence-electron chi connectivity index (χ4n) is 12.4. The SMILES string of the molecule is Cc1oc(=O)oc1COC(=O)[C@H]1CC[C@]2(C)C3C(=O)C=C4[C@@H]5C[C@@](C)(C(=O)OCc6ccccc6)CC[C@]5(C)CC[C@@]4(C)[C@]3(C)CC[C@H]2C1(C)C. The molecule has 8 nitrogen and oxygen atoms in total. The molecule has 0 bridgehead atoms. The lowest BCUT2D eigenvalue weighted by Gasteiger charge is -2.70. The van der Waals surface area contributed by atoms with Crippen LogP contribution in [0, 0.1) is 63.1 Å². The van der Waals surface area contributed by atoms with Gasteiger partial charge < -0.3 is 18.3 Å². The summed E-state index contributed by atoms with van der Waals surface area (Å²) in [6, 6.07) is 9.85. The Morgan fingerprint density at radius 2 is 1.53 bits per heavy atom. The zero-order chi connectivity index (χ0) is 36.8. The van der Waals surface area contributed by atoms with Gasteiger partial charge in [-0.05, 0) is 122 Å². The van der Waals surface area contributed by atoms with E-state index < -0.39 is 16.7 Å². The molecule has 8 heteroatoms. The summed E-state index contributed by atoms with van der Waals surface area (Å²) in [5, 5.41) is 0. The summed E-state index contributed by atoms with van der Waals surface area (Å²) >= 11 is 0. The van der Waals surface area contributed by atoms with Crippen molar-refractivity contribution in [2.45, 2.75) is 126 Å². The zero-order valence-electron chi connectivity index (χ0n) is 31.8. The van der Waals surface area contributed by atoms with E-state index in [2.05, 4.69) is 48.5 Å². The Kier molecular flexibility index (Phi) is 8.50. The van der Waals surface area contributed by atoms with Crippen LogP contribution in [0.3, 0.4) is 0 Å². The van der Waals surface area contributed by atoms with Crippen LogP contribution >= 0.6 is 0 Å². The van der Waals surface area contributed by atoms with Crippen molar-refractivity contribution < 1.29 is 32.7 Å². The van der Waals surface area contributed by atoms with Crippen molar-refractivity contribution in [1.29, 1.82) is 0 Å². The first-order chi connectivity index (χ1) is 23.9. The molecule has 0 N–H and O–H groups in total. The molecular weight excluding hydrogens is 644 g/mol. The lowest BCUT2D eigenvalue weighted by molar-refractivity contribution is -0.200. The maximum Gasteiger partial charge on any atom is 0.519 e. The second-order valence-corrected chi connectivity index (χ2v) is 18.8. The smallest absolute Gasteiger partial charge is 0.460 e. The van der Waals surface area contributed by atoms with Crippen molar-refractivity contribution in [3.63, 3.8) is 0 Å². The van der Waals surface area contributed by atoms with Gasteiger partial charge in [0.05, 0.1) is 11.3 Å². The summed E-state index contributed by atoms with van der Waals surface area (Å²) in [5.41, 5.74) is 0.559. The zero-order valence-corrected chi connectivity index (χ0v) is 31.8. The number of carbonyl (C=O) groups is 3. The van der Waals surface area contributed by atoms with Crippen molar-refractivity contribution in [3.8, 4) is 0 Å². The Morgan fingerprint density at radius 3 is 2.22 bits per heavy atom. The molecule has 0 radical (unpaired) electrons. The van der Waals surface area contributed by atoms with Crippen molar-refractivity contribution in [3.05, 3.63) is 69.7 Å². The maximum absolute atomic E-state index is 14.8. The molecule has 0 amide bonds. The Labute approximate surface area is 302 Å². The second kappa shape index (κ2) is 12.1.